The Balaban J connectivity index is 2.38. The molecule has 0 aliphatic rings. The Morgan fingerprint density at radius 2 is 2.43 bits per heavy atom. The van der Waals surface area contributed by atoms with E-state index < -0.39 is 0 Å². The van der Waals surface area contributed by atoms with Gasteiger partial charge in [-0.25, -0.2) is 9.50 Å². The Kier molecular flexibility index (Phi) is 2.24. The molecule has 0 amide bonds. The van der Waals surface area contributed by atoms with E-state index >= 15 is 0 Å². The van der Waals surface area contributed by atoms with E-state index in [9.17, 15) is 4.79 Å². The lowest BCUT2D eigenvalue weighted by Crippen LogP contribution is -2.09. The Morgan fingerprint density at radius 1 is 1.57 bits per heavy atom. The van der Waals surface area contributed by atoms with Crippen molar-refractivity contribution in [3.63, 3.8) is 0 Å². The lowest BCUT2D eigenvalue weighted by Gasteiger charge is -1.98. The molecule has 5 heteroatoms. The van der Waals surface area contributed by atoms with E-state index in [1.165, 1.54) is 0 Å². The Morgan fingerprint density at radius 3 is 3.21 bits per heavy atom. The number of nitrogens with two attached hydrogens (primary N) is 1. The number of hydrogen-bond donors (Lipinski definition) is 1. The smallest absolute Gasteiger partial charge is 0.167 e. The van der Waals surface area contributed by atoms with Gasteiger partial charge in [0.1, 0.15) is 0 Å². The third-order valence-electron chi connectivity index (χ3n) is 1.94. The monoisotopic (exact) mass is 190 g/mol. The SMILES string of the molecule is NCCC(=O)c1cnc2ccnn2c1. The van der Waals surface area contributed by atoms with Crippen LogP contribution in [0, 0.1) is 0 Å². The van der Waals surface area contributed by atoms with E-state index in [1.54, 1.807) is 29.2 Å². The first-order chi connectivity index (χ1) is 6.81. The largest absolute Gasteiger partial charge is 0.330 e. The number of carbonyl (C=O) groups is 1. The number of carbonyl (C=O) groups excluding carboxylic acids is 1. The molecular formula is C9H10N4O. The highest BCUT2D eigenvalue weighted by Gasteiger charge is 2.06. The summed E-state index contributed by atoms with van der Waals surface area (Å²) in [5, 5.41) is 3.99. The molecule has 2 heterocycles. The molecule has 0 aliphatic carbocycles. The highest BCUT2D eigenvalue weighted by atomic mass is 16.1. The van der Waals surface area contributed by atoms with Gasteiger partial charge in [-0.1, -0.05) is 0 Å². The first kappa shape index (κ1) is 8.83. The maximum Gasteiger partial charge on any atom is 0.167 e. The molecule has 0 fully saturated rings. The van der Waals surface area contributed by atoms with Crippen molar-refractivity contribution >= 4 is 11.4 Å². The van der Waals surface area contributed by atoms with Crippen molar-refractivity contribution in [3.8, 4) is 0 Å². The molecule has 72 valence electrons. The van der Waals surface area contributed by atoms with Gasteiger partial charge in [0.05, 0.1) is 11.8 Å². The number of hydrogen-bond acceptors (Lipinski definition) is 4. The van der Waals surface area contributed by atoms with Crippen molar-refractivity contribution < 1.29 is 4.79 Å². The number of aromatic nitrogens is 3. The minimum atomic E-state index is -0.00241. The van der Waals surface area contributed by atoms with E-state index in [-0.39, 0.29) is 5.78 Å². The molecule has 0 spiro atoms. The molecular weight excluding hydrogens is 180 g/mol. The van der Waals surface area contributed by atoms with Crippen molar-refractivity contribution in [2.24, 2.45) is 5.73 Å². The van der Waals surface area contributed by atoms with Gasteiger partial charge in [-0.3, -0.25) is 4.79 Å². The lowest BCUT2D eigenvalue weighted by atomic mass is 10.2. The summed E-state index contributed by atoms with van der Waals surface area (Å²) in [6.07, 6.45) is 5.20. The number of Topliss-reactive ketones (excluding diaryl/α,β-unsaturated/α-hetero) is 1. The second-order valence-electron chi connectivity index (χ2n) is 2.94. The van der Waals surface area contributed by atoms with Crippen LogP contribution in [0.3, 0.4) is 0 Å². The van der Waals surface area contributed by atoms with Crippen molar-refractivity contribution in [2.75, 3.05) is 6.54 Å². The van der Waals surface area contributed by atoms with Crippen LogP contribution in [0.1, 0.15) is 16.8 Å². The van der Waals surface area contributed by atoms with Crippen LogP contribution in [-0.4, -0.2) is 26.9 Å². The first-order valence-corrected chi connectivity index (χ1v) is 4.34. The van der Waals surface area contributed by atoms with Crippen LogP contribution < -0.4 is 5.73 Å². The van der Waals surface area contributed by atoms with Gasteiger partial charge in [-0.15, -0.1) is 0 Å². The van der Waals surface area contributed by atoms with Crippen molar-refractivity contribution in [3.05, 3.63) is 30.2 Å². The van der Waals surface area contributed by atoms with Crippen LogP contribution >= 0.6 is 0 Å². The summed E-state index contributed by atoms with van der Waals surface area (Å²) in [6.45, 7) is 0.357. The van der Waals surface area contributed by atoms with E-state index in [4.69, 9.17) is 5.73 Å². The van der Waals surface area contributed by atoms with Gasteiger partial charge in [-0.2, -0.15) is 5.10 Å². The van der Waals surface area contributed by atoms with Crippen LogP contribution in [0.5, 0.6) is 0 Å². The molecule has 2 aromatic heterocycles. The summed E-state index contributed by atoms with van der Waals surface area (Å²) >= 11 is 0. The summed E-state index contributed by atoms with van der Waals surface area (Å²) in [5.74, 6) is -0.00241. The Bertz CT molecular complexity index is 463. The topological polar surface area (TPSA) is 73.3 Å². The molecule has 0 unspecified atom stereocenters. The van der Waals surface area contributed by atoms with E-state index in [2.05, 4.69) is 10.1 Å². The van der Waals surface area contributed by atoms with E-state index in [1.807, 2.05) is 0 Å². The molecule has 2 rings (SSSR count). The molecule has 0 aliphatic heterocycles. The number of nitrogens with zero attached hydrogens (tertiary/aromatic N) is 3. The average molecular weight is 190 g/mol. The van der Waals surface area contributed by atoms with Crippen molar-refractivity contribution in [1.29, 1.82) is 0 Å². The van der Waals surface area contributed by atoms with E-state index in [0.717, 1.165) is 5.65 Å². The van der Waals surface area contributed by atoms with Crippen LogP contribution in [0.4, 0.5) is 0 Å². The Labute approximate surface area is 80.6 Å². The van der Waals surface area contributed by atoms with Gasteiger partial charge in [0.2, 0.25) is 0 Å². The predicted octanol–water partition coefficient (Wildman–Crippen LogP) is 0.261. The summed E-state index contributed by atoms with van der Waals surface area (Å²) in [7, 11) is 0. The molecule has 5 nitrogen and oxygen atoms in total. The zero-order chi connectivity index (χ0) is 9.97. The van der Waals surface area contributed by atoms with Crippen molar-refractivity contribution in [2.45, 2.75) is 6.42 Å². The molecule has 0 bridgehead atoms. The lowest BCUT2D eigenvalue weighted by molar-refractivity contribution is 0.0984. The maximum absolute atomic E-state index is 11.4. The molecule has 0 aromatic carbocycles. The predicted molar refractivity (Wildman–Crippen MR) is 51.0 cm³/mol. The molecule has 2 aromatic rings. The molecule has 0 atom stereocenters. The summed E-state index contributed by atoms with van der Waals surface area (Å²) in [4.78, 5) is 15.5. The molecule has 0 saturated carbocycles. The van der Waals surface area contributed by atoms with E-state index in [0.29, 0.717) is 18.5 Å². The van der Waals surface area contributed by atoms with Gasteiger partial charge >= 0.3 is 0 Å². The molecule has 2 N–H and O–H groups in total. The molecule has 0 radical (unpaired) electrons. The second-order valence-corrected chi connectivity index (χ2v) is 2.94. The number of fused-ring (bicyclic) bond motifs is 1. The third kappa shape index (κ3) is 1.49. The molecule has 14 heavy (non-hydrogen) atoms. The summed E-state index contributed by atoms with van der Waals surface area (Å²) < 4.78 is 1.57. The fourth-order valence-electron chi connectivity index (χ4n) is 1.23. The van der Waals surface area contributed by atoms with Gasteiger partial charge in [0.15, 0.2) is 11.4 Å². The second kappa shape index (κ2) is 3.55. The standard InChI is InChI=1S/C9H10N4O/c10-3-1-8(14)7-5-11-9-2-4-12-13(9)6-7/h2,4-6H,1,3,10H2. The zero-order valence-electron chi connectivity index (χ0n) is 7.55. The summed E-state index contributed by atoms with van der Waals surface area (Å²) in [6, 6.07) is 1.77. The van der Waals surface area contributed by atoms with Crippen LogP contribution in [0.25, 0.3) is 5.65 Å². The fraction of sp³-hybridized carbons (Fsp3) is 0.222. The quantitative estimate of drug-likeness (QED) is 0.704. The van der Waals surface area contributed by atoms with Crippen LogP contribution in [-0.2, 0) is 0 Å². The zero-order valence-corrected chi connectivity index (χ0v) is 7.55. The van der Waals surface area contributed by atoms with Crippen molar-refractivity contribution in [1.82, 2.24) is 14.6 Å². The van der Waals surface area contributed by atoms with Crippen LogP contribution in [0.15, 0.2) is 24.7 Å². The van der Waals surface area contributed by atoms with Gasteiger partial charge in [-0.05, 0) is 6.54 Å². The molecule has 0 saturated heterocycles. The first-order valence-electron chi connectivity index (χ1n) is 4.34. The Hall–Kier alpha value is -1.75. The van der Waals surface area contributed by atoms with Gasteiger partial charge < -0.3 is 5.73 Å². The van der Waals surface area contributed by atoms with Crippen LogP contribution in [0.2, 0.25) is 0 Å². The number of rotatable bonds is 3. The van der Waals surface area contributed by atoms with Gasteiger partial charge in [0.25, 0.3) is 0 Å². The van der Waals surface area contributed by atoms with Gasteiger partial charge in [0, 0.05) is 24.9 Å². The minimum absolute atomic E-state index is 0.00241. The minimum Gasteiger partial charge on any atom is -0.330 e. The maximum atomic E-state index is 11.4. The summed E-state index contributed by atoms with van der Waals surface area (Å²) in [5.41, 5.74) is 6.57. The fourth-order valence-corrected chi connectivity index (χ4v) is 1.23. The third-order valence-corrected chi connectivity index (χ3v) is 1.94. The normalized spacial score (nSPS) is 10.6. The highest BCUT2D eigenvalue weighted by molar-refractivity contribution is 5.95. The average Bonchev–Trinajstić information content (AvgIpc) is 2.64. The highest BCUT2D eigenvalue weighted by Crippen LogP contribution is 2.03. The number of ketones is 1.